The number of rotatable bonds is 0. The van der Waals surface area contributed by atoms with E-state index < -0.39 is 0 Å². The first kappa shape index (κ1) is 12.7. The van der Waals surface area contributed by atoms with Crippen molar-refractivity contribution in [3.63, 3.8) is 0 Å². The zero-order valence-electron chi connectivity index (χ0n) is 11.2. The number of nitrogens with zero attached hydrogens (tertiary/aromatic N) is 1. The molecule has 3 rings (SSSR count). The van der Waals surface area contributed by atoms with Gasteiger partial charge in [0.25, 0.3) is 0 Å². The van der Waals surface area contributed by atoms with Gasteiger partial charge in [-0.1, -0.05) is 18.8 Å². The standard InChI is InChI=1S/C17H14FNO/c1-12-8-9-19-11-14(10-16(19)17(12)20)3-2-13-4-6-15(18)7-5-13/h4-7,10-12H,8-9H2,1H3. The number of aromatic nitrogens is 1. The molecule has 1 aromatic heterocycles. The molecule has 0 radical (unpaired) electrons. The van der Waals surface area contributed by atoms with Crippen molar-refractivity contribution in [1.82, 2.24) is 4.57 Å². The van der Waals surface area contributed by atoms with Crippen LogP contribution in [0.5, 0.6) is 0 Å². The van der Waals surface area contributed by atoms with Crippen molar-refractivity contribution in [1.29, 1.82) is 0 Å². The van der Waals surface area contributed by atoms with Gasteiger partial charge in [0, 0.05) is 29.8 Å². The maximum Gasteiger partial charge on any atom is 0.182 e. The minimum atomic E-state index is -0.269. The molecule has 0 aliphatic carbocycles. The number of fused-ring (bicyclic) bond motifs is 1. The van der Waals surface area contributed by atoms with Crippen molar-refractivity contribution in [2.75, 3.05) is 0 Å². The van der Waals surface area contributed by atoms with Crippen molar-refractivity contribution in [3.8, 4) is 11.8 Å². The normalized spacial score (nSPS) is 17.3. The molecule has 0 saturated carbocycles. The number of hydrogen-bond acceptors (Lipinski definition) is 1. The van der Waals surface area contributed by atoms with Gasteiger partial charge in [0.05, 0.1) is 5.69 Å². The predicted molar refractivity (Wildman–Crippen MR) is 74.9 cm³/mol. The average Bonchev–Trinajstić information content (AvgIpc) is 2.86. The molecule has 1 aromatic carbocycles. The van der Waals surface area contributed by atoms with Crippen LogP contribution in [-0.2, 0) is 6.54 Å². The minimum Gasteiger partial charge on any atom is -0.344 e. The number of halogens is 1. The molecule has 20 heavy (non-hydrogen) atoms. The van der Waals surface area contributed by atoms with Crippen molar-refractivity contribution in [2.45, 2.75) is 19.9 Å². The summed E-state index contributed by atoms with van der Waals surface area (Å²) < 4.78 is 14.8. The molecule has 3 heteroatoms. The largest absolute Gasteiger partial charge is 0.344 e. The van der Waals surface area contributed by atoms with E-state index in [9.17, 15) is 9.18 Å². The highest BCUT2D eigenvalue weighted by molar-refractivity contribution is 5.97. The number of benzene rings is 1. The fraction of sp³-hybridized carbons (Fsp3) is 0.235. The highest BCUT2D eigenvalue weighted by Gasteiger charge is 2.24. The maximum absolute atomic E-state index is 12.8. The van der Waals surface area contributed by atoms with Gasteiger partial charge in [0.15, 0.2) is 5.78 Å². The van der Waals surface area contributed by atoms with Gasteiger partial charge in [0.1, 0.15) is 5.82 Å². The molecule has 0 N–H and O–H groups in total. The Balaban J connectivity index is 1.88. The van der Waals surface area contributed by atoms with Gasteiger partial charge in [0.2, 0.25) is 0 Å². The maximum atomic E-state index is 12.8. The highest BCUT2D eigenvalue weighted by atomic mass is 19.1. The first-order valence-corrected chi connectivity index (χ1v) is 6.65. The van der Waals surface area contributed by atoms with Gasteiger partial charge in [-0.2, -0.15) is 0 Å². The van der Waals surface area contributed by atoms with Crippen LogP contribution in [0.2, 0.25) is 0 Å². The second kappa shape index (κ2) is 4.97. The topological polar surface area (TPSA) is 22.0 Å². The lowest BCUT2D eigenvalue weighted by Crippen LogP contribution is -2.23. The van der Waals surface area contributed by atoms with E-state index in [4.69, 9.17) is 0 Å². The third-order valence-electron chi connectivity index (χ3n) is 3.60. The quantitative estimate of drug-likeness (QED) is 0.672. The van der Waals surface area contributed by atoms with Crippen LogP contribution in [0, 0.1) is 23.6 Å². The summed E-state index contributed by atoms with van der Waals surface area (Å²) in [5.41, 5.74) is 2.33. The molecule has 100 valence electrons. The molecule has 1 atom stereocenters. The predicted octanol–water partition coefficient (Wildman–Crippen LogP) is 3.25. The smallest absolute Gasteiger partial charge is 0.182 e. The Bertz CT molecular complexity index is 716. The van der Waals surface area contributed by atoms with E-state index in [0.29, 0.717) is 0 Å². The van der Waals surface area contributed by atoms with Crippen molar-refractivity contribution < 1.29 is 9.18 Å². The molecule has 2 nitrogen and oxygen atoms in total. The first-order chi connectivity index (χ1) is 9.63. The summed E-state index contributed by atoms with van der Waals surface area (Å²) in [7, 11) is 0. The number of carbonyl (C=O) groups is 1. The molecule has 2 aromatic rings. The van der Waals surface area contributed by atoms with Crippen LogP contribution >= 0.6 is 0 Å². The zero-order valence-corrected chi connectivity index (χ0v) is 11.2. The summed E-state index contributed by atoms with van der Waals surface area (Å²) in [6.07, 6.45) is 2.79. The Labute approximate surface area is 117 Å². The fourth-order valence-electron chi connectivity index (χ4n) is 2.36. The lowest BCUT2D eigenvalue weighted by Gasteiger charge is -2.19. The molecule has 2 heterocycles. The summed E-state index contributed by atoms with van der Waals surface area (Å²) in [4.78, 5) is 12.0. The number of carbonyl (C=O) groups excluding carboxylic acids is 1. The summed E-state index contributed by atoms with van der Waals surface area (Å²) in [5.74, 6) is 6.02. The molecule has 1 aliphatic heterocycles. The highest BCUT2D eigenvalue weighted by Crippen LogP contribution is 2.22. The first-order valence-electron chi connectivity index (χ1n) is 6.65. The van der Waals surface area contributed by atoms with Crippen LogP contribution in [0.15, 0.2) is 36.5 Å². The third-order valence-corrected chi connectivity index (χ3v) is 3.60. The number of hydrogen-bond donors (Lipinski definition) is 0. The molecule has 0 saturated heterocycles. The molecular weight excluding hydrogens is 253 g/mol. The average molecular weight is 267 g/mol. The molecule has 0 spiro atoms. The van der Waals surface area contributed by atoms with E-state index in [1.54, 1.807) is 12.1 Å². The van der Waals surface area contributed by atoms with E-state index in [0.717, 1.165) is 29.8 Å². The van der Waals surface area contributed by atoms with Gasteiger partial charge < -0.3 is 4.57 Å². The van der Waals surface area contributed by atoms with Crippen molar-refractivity contribution >= 4 is 5.78 Å². The van der Waals surface area contributed by atoms with Gasteiger partial charge in [-0.05, 0) is 36.8 Å². The lowest BCUT2D eigenvalue weighted by atomic mass is 9.97. The van der Waals surface area contributed by atoms with Crippen LogP contribution in [0.1, 0.15) is 35.0 Å². The van der Waals surface area contributed by atoms with Gasteiger partial charge >= 0.3 is 0 Å². The Morgan fingerprint density at radius 3 is 2.65 bits per heavy atom. The SMILES string of the molecule is CC1CCn2cc(C#Cc3ccc(F)cc3)cc2C1=O. The third kappa shape index (κ3) is 2.37. The fourth-order valence-corrected chi connectivity index (χ4v) is 2.36. The molecule has 1 aliphatic rings. The molecule has 1 unspecified atom stereocenters. The van der Waals surface area contributed by atoms with Gasteiger partial charge in [-0.25, -0.2) is 4.39 Å². The Hall–Kier alpha value is -2.34. The van der Waals surface area contributed by atoms with E-state index in [-0.39, 0.29) is 17.5 Å². The monoisotopic (exact) mass is 267 g/mol. The van der Waals surface area contributed by atoms with Crippen LogP contribution in [0.3, 0.4) is 0 Å². The second-order valence-corrected chi connectivity index (χ2v) is 5.12. The Morgan fingerprint density at radius 2 is 1.90 bits per heavy atom. The molecule has 0 amide bonds. The summed E-state index contributed by atoms with van der Waals surface area (Å²) in [6.45, 7) is 2.82. The van der Waals surface area contributed by atoms with Crippen LogP contribution in [0.25, 0.3) is 0 Å². The number of ketones is 1. The van der Waals surface area contributed by atoms with Crippen molar-refractivity contribution in [2.24, 2.45) is 5.92 Å². The Morgan fingerprint density at radius 1 is 1.20 bits per heavy atom. The van der Waals surface area contributed by atoms with Crippen LogP contribution < -0.4 is 0 Å². The minimum absolute atomic E-state index is 0.0929. The summed E-state index contributed by atoms with van der Waals surface area (Å²) in [5, 5.41) is 0. The molecule has 0 fully saturated rings. The number of Topliss-reactive ketones (excluding diaryl/α,β-unsaturated/α-hetero) is 1. The molecular formula is C17H14FNO. The van der Waals surface area contributed by atoms with Crippen molar-refractivity contribution in [3.05, 3.63) is 59.2 Å². The van der Waals surface area contributed by atoms with Gasteiger partial charge in [-0.15, -0.1) is 0 Å². The lowest BCUT2D eigenvalue weighted by molar-refractivity contribution is 0.0891. The second-order valence-electron chi connectivity index (χ2n) is 5.12. The summed E-state index contributed by atoms with van der Waals surface area (Å²) >= 11 is 0. The molecule has 0 bridgehead atoms. The number of aryl methyl sites for hydroxylation is 1. The van der Waals surface area contributed by atoms with E-state index in [1.165, 1.54) is 12.1 Å². The van der Waals surface area contributed by atoms with Gasteiger partial charge in [-0.3, -0.25) is 4.79 Å². The summed E-state index contributed by atoms with van der Waals surface area (Å²) in [6, 6.07) is 7.91. The van der Waals surface area contributed by atoms with Crippen LogP contribution in [-0.4, -0.2) is 10.4 Å². The van der Waals surface area contributed by atoms with Crippen LogP contribution in [0.4, 0.5) is 4.39 Å². The Kier molecular flexibility index (Phi) is 3.15. The van der Waals surface area contributed by atoms with E-state index in [2.05, 4.69) is 11.8 Å². The van der Waals surface area contributed by atoms with E-state index in [1.807, 2.05) is 23.8 Å². The zero-order chi connectivity index (χ0) is 14.1. The van der Waals surface area contributed by atoms with E-state index >= 15 is 0 Å².